The first-order chi connectivity index (χ1) is 26.5. The Hall–Kier alpha value is -4.48. The number of aliphatic hydroxyl groups is 1. The molecule has 0 aliphatic carbocycles. The van der Waals surface area contributed by atoms with Gasteiger partial charge < -0.3 is 24.4 Å². The van der Waals surface area contributed by atoms with Crippen molar-refractivity contribution in [3.8, 4) is 5.75 Å². The van der Waals surface area contributed by atoms with Gasteiger partial charge in [0.05, 0.1) is 58.3 Å². The summed E-state index contributed by atoms with van der Waals surface area (Å²) in [6.45, 7) is 7.47. The number of aliphatic hydroxyl groups excluding tert-OH is 1. The van der Waals surface area contributed by atoms with Crippen molar-refractivity contribution >= 4 is 59.6 Å². The van der Waals surface area contributed by atoms with E-state index in [0.717, 1.165) is 46.8 Å². The number of ether oxygens (including phenoxy) is 2. The molecule has 0 unspecified atom stereocenters. The second-order valence-electron chi connectivity index (χ2n) is 16.0. The van der Waals surface area contributed by atoms with Crippen molar-refractivity contribution in [3.63, 3.8) is 0 Å². The van der Waals surface area contributed by atoms with Crippen LogP contribution in [0, 0.1) is 5.92 Å². The summed E-state index contributed by atoms with van der Waals surface area (Å²) in [5, 5.41) is 11.8. The first kappa shape index (κ1) is 37.4. The molecule has 3 amide bonds. The average Bonchev–Trinajstić information content (AvgIpc) is 3.85. The topological polar surface area (TPSA) is 99.6 Å². The molecule has 1 spiro atoms. The van der Waals surface area contributed by atoms with Gasteiger partial charge in [0.2, 0.25) is 11.8 Å². The zero-order valence-corrected chi connectivity index (χ0v) is 33.6. The Morgan fingerprint density at radius 1 is 0.982 bits per heavy atom. The lowest BCUT2D eigenvalue weighted by Gasteiger charge is -2.37. The summed E-state index contributed by atoms with van der Waals surface area (Å²) in [6, 6.07) is 29.3. The van der Waals surface area contributed by atoms with E-state index in [2.05, 4.69) is 38.2 Å². The third-order valence-corrected chi connectivity index (χ3v) is 17.3. The number of hydrogen-bond acceptors (Lipinski definition) is 6. The largest absolute Gasteiger partial charge is 0.497 e. The summed E-state index contributed by atoms with van der Waals surface area (Å²) in [4.78, 5) is 48.2. The van der Waals surface area contributed by atoms with Crippen molar-refractivity contribution in [2.24, 2.45) is 5.92 Å². The van der Waals surface area contributed by atoms with Crippen LogP contribution in [0.2, 0.25) is 23.7 Å². The highest BCUT2D eigenvalue weighted by Crippen LogP contribution is 2.60. The van der Waals surface area contributed by atoms with Gasteiger partial charge in [-0.25, -0.2) is 0 Å². The molecule has 286 valence electrons. The number of carbonyl (C=O) groups is 3. The number of rotatable bonds is 9. The van der Waals surface area contributed by atoms with Gasteiger partial charge in [0.1, 0.15) is 5.75 Å². The highest BCUT2D eigenvalue weighted by atomic mass is 35.5. The average molecular weight is 778 g/mol. The van der Waals surface area contributed by atoms with Crippen LogP contribution in [0.4, 0.5) is 17.1 Å². The van der Waals surface area contributed by atoms with Crippen LogP contribution >= 0.6 is 11.6 Å². The van der Waals surface area contributed by atoms with Gasteiger partial charge >= 0.3 is 0 Å². The van der Waals surface area contributed by atoms with E-state index in [1.165, 1.54) is 5.19 Å². The van der Waals surface area contributed by atoms with Crippen LogP contribution in [0.15, 0.2) is 91.0 Å². The summed E-state index contributed by atoms with van der Waals surface area (Å²) in [6.07, 6.45) is 2.29. The molecule has 0 saturated carbocycles. The van der Waals surface area contributed by atoms with Crippen LogP contribution in [0.25, 0.3) is 0 Å². The first-order valence-electron chi connectivity index (χ1n) is 19.3. The maximum atomic E-state index is 15.4. The van der Waals surface area contributed by atoms with E-state index in [1.807, 2.05) is 66.7 Å². The molecule has 4 aromatic rings. The van der Waals surface area contributed by atoms with Crippen LogP contribution in [-0.4, -0.2) is 68.2 Å². The summed E-state index contributed by atoms with van der Waals surface area (Å²) >= 11 is 6.73. The molecule has 4 aliphatic heterocycles. The second-order valence-corrected chi connectivity index (χ2v) is 21.1. The van der Waals surface area contributed by atoms with Gasteiger partial charge in [-0.3, -0.25) is 19.3 Å². The number of methoxy groups -OCH3 is 1. The Labute approximate surface area is 328 Å². The molecule has 9 nitrogen and oxygen atoms in total. The van der Waals surface area contributed by atoms with Gasteiger partial charge in [0.15, 0.2) is 5.60 Å². The van der Waals surface area contributed by atoms with Crippen LogP contribution in [0.3, 0.4) is 0 Å². The molecule has 5 atom stereocenters. The molecule has 2 saturated heterocycles. The molecular weight excluding hydrogens is 730 g/mol. The first-order valence-corrected chi connectivity index (χ1v) is 22.8. The third-order valence-electron chi connectivity index (χ3n) is 12.7. The van der Waals surface area contributed by atoms with Gasteiger partial charge in [-0.1, -0.05) is 79.3 Å². The Balaban J connectivity index is 1.18. The lowest BCUT2D eigenvalue weighted by atomic mass is 9.82. The fourth-order valence-electron chi connectivity index (χ4n) is 9.97. The smallest absolute Gasteiger partial charge is 0.264 e. The third kappa shape index (κ3) is 6.27. The van der Waals surface area contributed by atoms with Gasteiger partial charge in [0, 0.05) is 35.2 Å². The summed E-state index contributed by atoms with van der Waals surface area (Å²) in [7, 11) is -0.849. The van der Waals surface area contributed by atoms with Gasteiger partial charge in [-0.05, 0) is 84.5 Å². The van der Waals surface area contributed by atoms with E-state index in [-0.39, 0.29) is 54.8 Å². The summed E-state index contributed by atoms with van der Waals surface area (Å²) < 4.78 is 12.7. The summed E-state index contributed by atoms with van der Waals surface area (Å²) in [5.74, 6) is 0.241. The molecule has 4 aromatic carbocycles. The minimum absolute atomic E-state index is 0.0368. The monoisotopic (exact) mass is 777 g/mol. The van der Waals surface area contributed by atoms with E-state index >= 15 is 4.79 Å². The summed E-state index contributed by atoms with van der Waals surface area (Å²) in [5.41, 5.74) is 3.55. The number of para-hydroxylation sites is 1. The van der Waals surface area contributed by atoms with Gasteiger partial charge in [-0.15, -0.1) is 0 Å². The lowest BCUT2D eigenvalue weighted by molar-refractivity contribution is -0.150. The Morgan fingerprint density at radius 3 is 2.53 bits per heavy atom. The normalized spacial score (nSPS) is 24.8. The SMILES string of the molecule is COc1ccc([Si](C)(C)[C@@H]2[C@@H](CC(=O)N3CCC[C@H]3CO)O[C@]3(C(=O)N(Cc4cccc(N5C(=O)CCc6ccccc65)c4)c4ccc(Cl)cc43)[C@H]2C)cc1. The number of fused-ring (bicyclic) bond motifs is 3. The quantitative estimate of drug-likeness (QED) is 0.182. The van der Waals surface area contributed by atoms with Crippen LogP contribution < -0.4 is 19.7 Å². The van der Waals surface area contributed by atoms with Crippen LogP contribution in [0.5, 0.6) is 5.75 Å². The molecule has 1 N–H and O–H groups in total. The number of benzene rings is 4. The molecule has 2 fully saturated rings. The molecule has 11 heteroatoms. The number of nitrogens with zero attached hydrogens (tertiary/aromatic N) is 3. The Morgan fingerprint density at radius 2 is 1.76 bits per heavy atom. The van der Waals surface area contributed by atoms with Crippen LogP contribution in [-0.2, 0) is 37.7 Å². The minimum Gasteiger partial charge on any atom is -0.497 e. The zero-order chi connectivity index (χ0) is 38.6. The molecule has 8 rings (SSSR count). The fourth-order valence-corrected chi connectivity index (χ4v) is 14.2. The lowest BCUT2D eigenvalue weighted by Crippen LogP contribution is -2.52. The number of likely N-dealkylation sites (tertiary alicyclic amines) is 1. The molecule has 4 heterocycles. The maximum Gasteiger partial charge on any atom is 0.264 e. The van der Waals surface area contributed by atoms with E-state index < -0.39 is 19.8 Å². The molecular formula is C44H48ClN3O6Si. The van der Waals surface area contributed by atoms with Crippen LogP contribution in [0.1, 0.15) is 49.3 Å². The number of amides is 3. The zero-order valence-electron chi connectivity index (χ0n) is 31.8. The van der Waals surface area contributed by atoms with Crippen molar-refractivity contribution in [3.05, 3.63) is 113 Å². The number of anilines is 3. The Bertz CT molecular complexity index is 2140. The fraction of sp³-hybridized carbons (Fsp3) is 0.386. The van der Waals surface area contributed by atoms with Gasteiger partial charge in [-0.2, -0.15) is 0 Å². The number of hydrogen-bond donors (Lipinski definition) is 1. The second kappa shape index (κ2) is 14.5. The van der Waals surface area contributed by atoms with Crippen molar-refractivity contribution in [1.29, 1.82) is 0 Å². The standard InChI is InChI=1S/C44H48ClN3O6Si/c1-28-42(55(3,4)35-18-16-34(53-2)17-19-35)39(25-41(51)46-22-8-12-33(46)27-49)54-44(28)36-24-31(45)15-20-38(36)47(43(44)52)26-29-9-7-11-32(23-29)48-37-13-6-5-10-30(37)14-21-40(48)50/h5-7,9-11,13,15-20,23-24,28,33,39,42,49H,8,12,14,21-22,25-27H2,1-4H3/t28-,33-,39+,42-,44+/m0/s1. The molecule has 0 bridgehead atoms. The molecule has 4 aliphatic rings. The minimum atomic E-state index is -2.50. The molecule has 0 radical (unpaired) electrons. The molecule has 0 aromatic heterocycles. The number of aryl methyl sites for hydroxylation is 1. The van der Waals surface area contributed by atoms with Crippen molar-refractivity contribution < 1.29 is 29.0 Å². The van der Waals surface area contributed by atoms with E-state index in [1.54, 1.807) is 27.9 Å². The highest BCUT2D eigenvalue weighted by Gasteiger charge is 2.66. The Kier molecular flexibility index (Phi) is 9.90. The van der Waals surface area contributed by atoms with E-state index in [0.29, 0.717) is 30.0 Å². The predicted molar refractivity (Wildman–Crippen MR) is 217 cm³/mol. The van der Waals surface area contributed by atoms with Crippen molar-refractivity contribution in [2.45, 2.75) is 82.0 Å². The number of halogens is 1. The van der Waals surface area contributed by atoms with Crippen molar-refractivity contribution in [2.75, 3.05) is 30.1 Å². The highest BCUT2D eigenvalue weighted by molar-refractivity contribution is 6.91. The molecule has 55 heavy (non-hydrogen) atoms. The van der Waals surface area contributed by atoms with Crippen molar-refractivity contribution in [1.82, 2.24) is 4.90 Å². The predicted octanol–water partition coefficient (Wildman–Crippen LogP) is 7.10. The van der Waals surface area contributed by atoms with Gasteiger partial charge in [0.25, 0.3) is 5.91 Å². The maximum absolute atomic E-state index is 15.4. The van der Waals surface area contributed by atoms with E-state index in [9.17, 15) is 14.7 Å². The van der Waals surface area contributed by atoms with E-state index in [4.69, 9.17) is 21.1 Å². The number of carbonyl (C=O) groups excluding carboxylic acids is 3.